The summed E-state index contributed by atoms with van der Waals surface area (Å²) >= 11 is 0. The number of ether oxygens (including phenoxy) is 3. The van der Waals surface area contributed by atoms with Gasteiger partial charge in [0, 0.05) is 21.3 Å². The molecule has 0 spiro atoms. The Morgan fingerprint density at radius 2 is 1.62 bits per heavy atom. The molecule has 0 aliphatic rings. The van der Waals surface area contributed by atoms with E-state index in [4.69, 9.17) is 19.0 Å². The molecule has 0 aromatic carbocycles. The maximum atomic E-state index is 5.29. The highest BCUT2D eigenvalue weighted by Crippen LogP contribution is 2.11. The molecule has 80 valence electrons. The molecule has 0 N–H and O–H groups in total. The first-order valence-corrected chi connectivity index (χ1v) is 4.10. The minimum absolute atomic E-state index is 0.209. The number of methoxy groups -OCH3 is 3. The van der Waals surface area contributed by atoms with Crippen molar-refractivity contribution in [3.63, 3.8) is 0 Å². The van der Waals surface area contributed by atoms with Crippen molar-refractivity contribution in [1.29, 1.82) is 0 Å². The summed E-state index contributed by atoms with van der Waals surface area (Å²) in [5.41, 5.74) is 0. The number of hydrogen-bond acceptors (Lipinski definition) is 4. The van der Waals surface area contributed by atoms with Crippen molar-refractivity contribution in [2.24, 2.45) is 0 Å². The standard InChI is InChI=1S/C8H20NO4/c1-9(13-5,6-7-10-2)8(11-3)12-4/h8H,6-7H2,1-5H3/q+1. The molecule has 0 aromatic rings. The average Bonchev–Trinajstić information content (AvgIpc) is 2.16. The Morgan fingerprint density at radius 1 is 1.08 bits per heavy atom. The highest BCUT2D eigenvalue weighted by Gasteiger charge is 2.34. The van der Waals surface area contributed by atoms with E-state index in [9.17, 15) is 0 Å². The summed E-state index contributed by atoms with van der Waals surface area (Å²) in [4.78, 5) is 5.29. The molecule has 0 rings (SSSR count). The van der Waals surface area contributed by atoms with Gasteiger partial charge in [-0.3, -0.25) is 0 Å². The molecule has 5 nitrogen and oxygen atoms in total. The van der Waals surface area contributed by atoms with Gasteiger partial charge in [-0.15, -0.1) is 4.65 Å². The van der Waals surface area contributed by atoms with Crippen LogP contribution < -0.4 is 0 Å². The first-order valence-electron chi connectivity index (χ1n) is 4.10. The molecule has 0 bridgehead atoms. The number of nitrogens with zero attached hydrogens (tertiary/aromatic N) is 1. The van der Waals surface area contributed by atoms with Crippen molar-refractivity contribution in [2.45, 2.75) is 6.41 Å². The van der Waals surface area contributed by atoms with E-state index < -0.39 is 6.41 Å². The van der Waals surface area contributed by atoms with Crippen LogP contribution in [0.2, 0.25) is 0 Å². The molecule has 0 aliphatic carbocycles. The molecule has 0 aromatic heterocycles. The van der Waals surface area contributed by atoms with E-state index in [-0.39, 0.29) is 4.65 Å². The first-order chi connectivity index (χ1) is 6.14. The smallest absolute Gasteiger partial charge is 0.339 e. The van der Waals surface area contributed by atoms with Crippen LogP contribution in [0.15, 0.2) is 0 Å². The molecule has 0 saturated carbocycles. The Morgan fingerprint density at radius 3 is 1.92 bits per heavy atom. The maximum absolute atomic E-state index is 5.29. The molecule has 1 atom stereocenters. The second-order valence-corrected chi connectivity index (χ2v) is 2.85. The lowest BCUT2D eigenvalue weighted by molar-refractivity contribution is -1.13. The van der Waals surface area contributed by atoms with Crippen LogP contribution in [-0.2, 0) is 19.0 Å². The van der Waals surface area contributed by atoms with Crippen LogP contribution >= 0.6 is 0 Å². The molecule has 13 heavy (non-hydrogen) atoms. The normalized spacial score (nSPS) is 16.2. The Kier molecular flexibility index (Phi) is 6.19. The van der Waals surface area contributed by atoms with E-state index >= 15 is 0 Å². The van der Waals surface area contributed by atoms with E-state index in [1.807, 2.05) is 7.05 Å². The van der Waals surface area contributed by atoms with Crippen molar-refractivity contribution in [3.05, 3.63) is 0 Å². The van der Waals surface area contributed by atoms with Crippen LogP contribution in [0.5, 0.6) is 0 Å². The van der Waals surface area contributed by atoms with Gasteiger partial charge in [0.05, 0.1) is 13.7 Å². The SMILES string of the molecule is COCC[N+](C)(OC)C(OC)OC. The van der Waals surface area contributed by atoms with Crippen LogP contribution in [0.25, 0.3) is 0 Å². The number of likely N-dealkylation sites (N-methyl/N-ethyl adjacent to an activating group) is 1. The number of hydrogen-bond donors (Lipinski definition) is 0. The molecule has 0 aliphatic heterocycles. The lowest BCUT2D eigenvalue weighted by atomic mass is 10.6. The third-order valence-corrected chi connectivity index (χ3v) is 2.01. The zero-order valence-electron chi connectivity index (χ0n) is 9.07. The Balaban J connectivity index is 4.21. The molecule has 0 heterocycles. The fraction of sp³-hybridized carbons (Fsp3) is 1.00. The van der Waals surface area contributed by atoms with Crippen LogP contribution in [0.1, 0.15) is 0 Å². The maximum Gasteiger partial charge on any atom is 0.339 e. The van der Waals surface area contributed by atoms with Gasteiger partial charge in [-0.05, 0) is 0 Å². The zero-order valence-corrected chi connectivity index (χ0v) is 9.07. The zero-order chi connectivity index (χ0) is 10.3. The van der Waals surface area contributed by atoms with Gasteiger partial charge < -0.3 is 14.2 Å². The molecule has 0 radical (unpaired) electrons. The Hall–Kier alpha value is -0.200. The number of quaternary nitrogens is 1. The van der Waals surface area contributed by atoms with Crippen LogP contribution in [0.4, 0.5) is 0 Å². The summed E-state index contributed by atoms with van der Waals surface area (Å²) in [6, 6.07) is 0. The van der Waals surface area contributed by atoms with E-state index in [1.54, 1.807) is 28.4 Å². The van der Waals surface area contributed by atoms with Crippen LogP contribution in [-0.4, -0.2) is 59.7 Å². The summed E-state index contributed by atoms with van der Waals surface area (Å²) in [5.74, 6) is 0. The molecule has 0 fully saturated rings. The van der Waals surface area contributed by atoms with Crippen molar-refractivity contribution >= 4 is 0 Å². The second kappa shape index (κ2) is 6.28. The quantitative estimate of drug-likeness (QED) is 0.330. The van der Waals surface area contributed by atoms with E-state index in [2.05, 4.69) is 0 Å². The van der Waals surface area contributed by atoms with Crippen molar-refractivity contribution < 1.29 is 23.7 Å². The van der Waals surface area contributed by atoms with Crippen molar-refractivity contribution in [1.82, 2.24) is 0 Å². The molecular weight excluding hydrogens is 174 g/mol. The molecule has 0 saturated heterocycles. The van der Waals surface area contributed by atoms with E-state index in [1.165, 1.54) is 0 Å². The van der Waals surface area contributed by atoms with E-state index in [0.717, 1.165) is 0 Å². The minimum atomic E-state index is -0.430. The fourth-order valence-corrected chi connectivity index (χ4v) is 1.10. The Labute approximate surface area is 79.7 Å². The third kappa shape index (κ3) is 3.58. The van der Waals surface area contributed by atoms with Gasteiger partial charge >= 0.3 is 6.41 Å². The molecular formula is C8H20NO4+. The largest absolute Gasteiger partial charge is 0.379 e. The van der Waals surface area contributed by atoms with Gasteiger partial charge in [0.15, 0.2) is 0 Å². The van der Waals surface area contributed by atoms with Crippen LogP contribution in [0, 0.1) is 0 Å². The fourth-order valence-electron chi connectivity index (χ4n) is 1.10. The van der Waals surface area contributed by atoms with Crippen molar-refractivity contribution in [2.75, 3.05) is 48.6 Å². The first kappa shape index (κ1) is 12.8. The average molecular weight is 194 g/mol. The second-order valence-electron chi connectivity index (χ2n) is 2.85. The summed E-state index contributed by atoms with van der Waals surface area (Å²) in [5, 5.41) is 0. The third-order valence-electron chi connectivity index (χ3n) is 2.01. The highest BCUT2D eigenvalue weighted by atomic mass is 16.8. The highest BCUT2D eigenvalue weighted by molar-refractivity contribution is 4.27. The predicted octanol–water partition coefficient (Wildman–Crippen LogP) is 0.217. The van der Waals surface area contributed by atoms with Crippen molar-refractivity contribution in [3.8, 4) is 0 Å². The molecule has 5 heteroatoms. The van der Waals surface area contributed by atoms with Gasteiger partial charge in [-0.25, -0.2) is 4.84 Å². The summed E-state index contributed by atoms with van der Waals surface area (Å²) in [7, 11) is 8.29. The molecule has 0 amide bonds. The Bertz CT molecular complexity index is 129. The van der Waals surface area contributed by atoms with Gasteiger partial charge in [0.1, 0.15) is 13.6 Å². The lowest BCUT2D eigenvalue weighted by Crippen LogP contribution is -2.54. The molecule has 1 unspecified atom stereocenters. The summed E-state index contributed by atoms with van der Waals surface area (Å²) < 4.78 is 15.4. The lowest BCUT2D eigenvalue weighted by Gasteiger charge is -2.34. The summed E-state index contributed by atoms with van der Waals surface area (Å²) in [6.07, 6.45) is -0.430. The number of hydroxylamine groups is 3. The van der Waals surface area contributed by atoms with Crippen LogP contribution in [0.3, 0.4) is 0 Å². The number of rotatable bonds is 7. The monoisotopic (exact) mass is 194 g/mol. The topological polar surface area (TPSA) is 36.9 Å². The summed E-state index contributed by atoms with van der Waals surface area (Å²) in [6.45, 7) is 1.26. The van der Waals surface area contributed by atoms with Gasteiger partial charge in [0.25, 0.3) is 0 Å². The predicted molar refractivity (Wildman–Crippen MR) is 47.7 cm³/mol. The van der Waals surface area contributed by atoms with E-state index in [0.29, 0.717) is 13.2 Å². The van der Waals surface area contributed by atoms with Gasteiger partial charge in [-0.1, -0.05) is 0 Å². The minimum Gasteiger partial charge on any atom is -0.379 e. The van der Waals surface area contributed by atoms with Gasteiger partial charge in [-0.2, -0.15) is 0 Å². The van der Waals surface area contributed by atoms with Gasteiger partial charge in [0.2, 0.25) is 0 Å².